The summed E-state index contributed by atoms with van der Waals surface area (Å²) in [5.74, 6) is -1.23. The lowest BCUT2D eigenvalue weighted by atomic mass is 10.1. The van der Waals surface area contributed by atoms with E-state index in [2.05, 4.69) is 11.6 Å². The molecule has 0 spiro atoms. The van der Waals surface area contributed by atoms with E-state index in [1.807, 2.05) is 0 Å². The maximum atomic E-state index is 14.0. The Hall–Kier alpha value is -2.47. The second kappa shape index (κ2) is 7.19. The zero-order chi connectivity index (χ0) is 18.0. The molecular formula is C19H16F2N2OS. The van der Waals surface area contributed by atoms with Crippen LogP contribution in [0.25, 0.3) is 10.9 Å². The third-order valence-corrected chi connectivity index (χ3v) is 4.94. The molecule has 25 heavy (non-hydrogen) atoms. The number of nitrogens with zero attached hydrogens (tertiary/aromatic N) is 2. The average molecular weight is 358 g/mol. The molecule has 128 valence electrons. The highest BCUT2D eigenvalue weighted by Crippen LogP contribution is 2.36. The Morgan fingerprint density at radius 1 is 1.20 bits per heavy atom. The first-order valence-electron chi connectivity index (χ1n) is 7.74. The standard InChI is InChI=1S/C19H16F2N2OS/c1-3-11-23-18(24)13-7-4-5-10-16(13)22-19(23)25-12(2)17-14(20)8-6-9-15(17)21/h3-10,12H,1,11H2,2H3. The van der Waals surface area contributed by atoms with E-state index < -0.39 is 16.9 Å². The van der Waals surface area contributed by atoms with Crippen molar-refractivity contribution >= 4 is 22.7 Å². The zero-order valence-corrected chi connectivity index (χ0v) is 14.4. The molecule has 2 aromatic carbocycles. The van der Waals surface area contributed by atoms with Crippen molar-refractivity contribution in [3.05, 3.63) is 82.7 Å². The van der Waals surface area contributed by atoms with Crippen LogP contribution in [0.1, 0.15) is 17.7 Å². The minimum Gasteiger partial charge on any atom is -0.283 e. The minimum atomic E-state index is -0.613. The van der Waals surface area contributed by atoms with E-state index in [1.54, 1.807) is 37.3 Å². The lowest BCUT2D eigenvalue weighted by Crippen LogP contribution is -2.23. The van der Waals surface area contributed by atoms with Gasteiger partial charge in [0.25, 0.3) is 5.56 Å². The molecule has 0 aliphatic carbocycles. The number of rotatable bonds is 5. The Morgan fingerprint density at radius 3 is 2.56 bits per heavy atom. The van der Waals surface area contributed by atoms with E-state index in [0.29, 0.717) is 16.1 Å². The van der Waals surface area contributed by atoms with E-state index in [4.69, 9.17) is 0 Å². The molecule has 0 aliphatic heterocycles. The Morgan fingerprint density at radius 2 is 1.88 bits per heavy atom. The number of allylic oxidation sites excluding steroid dienone is 1. The summed E-state index contributed by atoms with van der Waals surface area (Å²) in [7, 11) is 0. The SMILES string of the molecule is C=CCn1c(SC(C)c2c(F)cccc2F)nc2ccccc2c1=O. The van der Waals surface area contributed by atoms with Gasteiger partial charge in [-0.05, 0) is 31.2 Å². The van der Waals surface area contributed by atoms with E-state index in [0.717, 1.165) is 11.8 Å². The Labute approximate surface area is 148 Å². The third-order valence-electron chi connectivity index (χ3n) is 3.83. The van der Waals surface area contributed by atoms with E-state index >= 15 is 0 Å². The third kappa shape index (κ3) is 3.35. The molecule has 0 aliphatic rings. The molecule has 3 nitrogen and oxygen atoms in total. The molecule has 0 bridgehead atoms. The van der Waals surface area contributed by atoms with Crippen LogP contribution in [-0.2, 0) is 6.54 Å². The molecule has 1 atom stereocenters. The molecule has 0 amide bonds. The quantitative estimate of drug-likeness (QED) is 0.376. The molecule has 0 radical (unpaired) electrons. The van der Waals surface area contributed by atoms with Crippen molar-refractivity contribution in [3.63, 3.8) is 0 Å². The topological polar surface area (TPSA) is 34.9 Å². The highest BCUT2D eigenvalue weighted by Gasteiger charge is 2.20. The van der Waals surface area contributed by atoms with Crippen LogP contribution in [0, 0.1) is 11.6 Å². The summed E-state index contributed by atoms with van der Waals surface area (Å²) in [6, 6.07) is 10.8. The van der Waals surface area contributed by atoms with Gasteiger partial charge in [0.05, 0.1) is 10.9 Å². The average Bonchev–Trinajstić information content (AvgIpc) is 2.58. The maximum Gasteiger partial charge on any atom is 0.262 e. The van der Waals surface area contributed by atoms with Crippen molar-refractivity contribution in [1.82, 2.24) is 9.55 Å². The van der Waals surface area contributed by atoms with E-state index in [1.165, 1.54) is 22.8 Å². The first kappa shape index (κ1) is 17.4. The second-order valence-electron chi connectivity index (χ2n) is 5.51. The van der Waals surface area contributed by atoms with Gasteiger partial charge in [-0.3, -0.25) is 9.36 Å². The van der Waals surface area contributed by atoms with Gasteiger partial charge in [-0.25, -0.2) is 13.8 Å². The first-order chi connectivity index (χ1) is 12.0. The van der Waals surface area contributed by atoms with Crippen molar-refractivity contribution in [2.24, 2.45) is 0 Å². The van der Waals surface area contributed by atoms with Crippen molar-refractivity contribution < 1.29 is 8.78 Å². The van der Waals surface area contributed by atoms with Gasteiger partial charge >= 0.3 is 0 Å². The van der Waals surface area contributed by atoms with E-state index in [-0.39, 0.29) is 17.7 Å². The van der Waals surface area contributed by atoms with Crippen molar-refractivity contribution in [2.75, 3.05) is 0 Å². The Kier molecular flexibility index (Phi) is 4.99. The molecule has 0 saturated heterocycles. The van der Waals surface area contributed by atoms with Crippen molar-refractivity contribution in [2.45, 2.75) is 23.9 Å². The number of benzene rings is 2. The van der Waals surface area contributed by atoms with Gasteiger partial charge in [-0.1, -0.05) is 36.0 Å². The molecule has 1 unspecified atom stereocenters. The van der Waals surface area contributed by atoms with Gasteiger partial charge in [0.1, 0.15) is 11.6 Å². The highest BCUT2D eigenvalue weighted by molar-refractivity contribution is 7.99. The Balaban J connectivity index is 2.10. The second-order valence-corrected chi connectivity index (χ2v) is 6.82. The predicted molar refractivity (Wildman–Crippen MR) is 96.8 cm³/mol. The van der Waals surface area contributed by atoms with Gasteiger partial charge in [0.15, 0.2) is 5.16 Å². The molecule has 6 heteroatoms. The van der Waals surface area contributed by atoms with E-state index in [9.17, 15) is 13.6 Å². The fourth-order valence-electron chi connectivity index (χ4n) is 2.64. The van der Waals surface area contributed by atoms with Crippen LogP contribution in [0.4, 0.5) is 8.78 Å². The molecule has 0 fully saturated rings. The molecule has 3 rings (SSSR count). The fourth-order valence-corrected chi connectivity index (χ4v) is 3.74. The highest BCUT2D eigenvalue weighted by atomic mass is 32.2. The molecule has 1 aromatic heterocycles. The predicted octanol–water partition coefficient (Wildman–Crippen LogP) is 4.71. The largest absolute Gasteiger partial charge is 0.283 e. The van der Waals surface area contributed by atoms with Gasteiger partial charge in [0, 0.05) is 17.4 Å². The first-order valence-corrected chi connectivity index (χ1v) is 8.62. The zero-order valence-electron chi connectivity index (χ0n) is 13.6. The number of fused-ring (bicyclic) bond motifs is 1. The monoisotopic (exact) mass is 358 g/mol. The maximum absolute atomic E-state index is 14.0. The molecular weight excluding hydrogens is 342 g/mol. The number of hydrogen-bond donors (Lipinski definition) is 0. The van der Waals surface area contributed by atoms with Gasteiger partial charge in [-0.2, -0.15) is 0 Å². The molecule has 0 saturated carbocycles. The number of halogens is 2. The Bertz CT molecular complexity index is 980. The number of para-hydroxylation sites is 1. The van der Waals surface area contributed by atoms with Gasteiger partial charge in [-0.15, -0.1) is 6.58 Å². The van der Waals surface area contributed by atoms with Gasteiger partial charge in [0.2, 0.25) is 0 Å². The summed E-state index contributed by atoms with van der Waals surface area (Å²) in [5, 5.41) is 0.350. The summed E-state index contributed by atoms with van der Waals surface area (Å²) in [6.07, 6.45) is 1.59. The summed E-state index contributed by atoms with van der Waals surface area (Å²) in [6.45, 7) is 5.62. The molecule has 0 N–H and O–H groups in total. The molecule has 3 aromatic rings. The van der Waals surface area contributed by atoms with Crippen LogP contribution < -0.4 is 5.56 Å². The van der Waals surface area contributed by atoms with Crippen LogP contribution >= 0.6 is 11.8 Å². The van der Waals surface area contributed by atoms with Crippen LogP contribution in [0.2, 0.25) is 0 Å². The summed E-state index contributed by atoms with van der Waals surface area (Å²) < 4.78 is 29.5. The summed E-state index contributed by atoms with van der Waals surface area (Å²) >= 11 is 1.14. The fraction of sp³-hybridized carbons (Fsp3) is 0.158. The smallest absolute Gasteiger partial charge is 0.262 e. The normalized spacial score (nSPS) is 12.3. The number of aromatic nitrogens is 2. The van der Waals surface area contributed by atoms with Crippen LogP contribution in [0.5, 0.6) is 0 Å². The minimum absolute atomic E-state index is 0.0277. The number of hydrogen-bond acceptors (Lipinski definition) is 3. The summed E-state index contributed by atoms with van der Waals surface area (Å²) in [5.41, 5.74) is 0.325. The molecule has 1 heterocycles. The lowest BCUT2D eigenvalue weighted by molar-refractivity contribution is 0.556. The van der Waals surface area contributed by atoms with Gasteiger partial charge < -0.3 is 0 Å². The van der Waals surface area contributed by atoms with Crippen molar-refractivity contribution in [3.8, 4) is 0 Å². The van der Waals surface area contributed by atoms with Crippen molar-refractivity contribution in [1.29, 1.82) is 0 Å². The van der Waals surface area contributed by atoms with Crippen LogP contribution in [0.15, 0.2) is 65.1 Å². The lowest BCUT2D eigenvalue weighted by Gasteiger charge is -2.16. The number of thioether (sulfide) groups is 1. The van der Waals surface area contributed by atoms with Crippen LogP contribution in [0.3, 0.4) is 0 Å². The summed E-state index contributed by atoms with van der Waals surface area (Å²) in [4.78, 5) is 17.2. The van der Waals surface area contributed by atoms with Crippen LogP contribution in [-0.4, -0.2) is 9.55 Å².